The minimum atomic E-state index is -0.742. The first kappa shape index (κ1) is 13.4. The van der Waals surface area contributed by atoms with E-state index in [9.17, 15) is 4.79 Å². The predicted octanol–water partition coefficient (Wildman–Crippen LogP) is 0.114. The molecule has 1 aliphatic heterocycles. The van der Waals surface area contributed by atoms with Gasteiger partial charge in [-0.3, -0.25) is 9.69 Å². The Bertz CT molecular complexity index is 221. The molecule has 0 bridgehead atoms. The van der Waals surface area contributed by atoms with E-state index >= 15 is 0 Å². The van der Waals surface area contributed by atoms with Gasteiger partial charge < -0.3 is 14.7 Å². The van der Waals surface area contributed by atoms with Crippen LogP contribution in [0.5, 0.6) is 0 Å². The number of aliphatic carboxylic acids is 1. The number of rotatable bonds is 6. The number of carbonyl (C=O) groups is 1. The number of carboxylic acids is 1. The maximum Gasteiger partial charge on any atom is 0.303 e. The van der Waals surface area contributed by atoms with Crippen LogP contribution in [0.25, 0.3) is 0 Å². The zero-order chi connectivity index (χ0) is 12.0. The highest BCUT2D eigenvalue weighted by molar-refractivity contribution is 5.66. The van der Waals surface area contributed by atoms with Gasteiger partial charge in [0, 0.05) is 32.6 Å². The summed E-state index contributed by atoms with van der Waals surface area (Å²) in [4.78, 5) is 15.0. The van der Waals surface area contributed by atoms with Gasteiger partial charge in [-0.15, -0.1) is 0 Å². The maximum atomic E-state index is 10.5. The Morgan fingerprint density at radius 3 is 2.94 bits per heavy atom. The fourth-order valence-electron chi connectivity index (χ4n) is 1.78. The van der Waals surface area contributed by atoms with Crippen molar-refractivity contribution in [2.24, 2.45) is 0 Å². The Morgan fingerprint density at radius 1 is 1.56 bits per heavy atom. The summed E-state index contributed by atoms with van der Waals surface area (Å²) < 4.78 is 5.55. The largest absolute Gasteiger partial charge is 0.481 e. The number of likely N-dealkylation sites (N-methyl/N-ethyl adjacent to an activating group) is 1. The molecule has 5 nitrogen and oxygen atoms in total. The predicted molar refractivity (Wildman–Crippen MR) is 61.6 cm³/mol. The smallest absolute Gasteiger partial charge is 0.303 e. The molecule has 0 aromatic carbocycles. The van der Waals surface area contributed by atoms with E-state index in [0.29, 0.717) is 6.42 Å². The fourth-order valence-corrected chi connectivity index (χ4v) is 1.78. The summed E-state index contributed by atoms with van der Waals surface area (Å²) >= 11 is 0. The first-order valence-corrected chi connectivity index (χ1v) is 5.78. The molecular formula is C11H22N2O3. The van der Waals surface area contributed by atoms with Crippen LogP contribution in [0, 0.1) is 0 Å². The molecule has 1 N–H and O–H groups in total. The summed E-state index contributed by atoms with van der Waals surface area (Å²) in [6.45, 7) is 4.60. The van der Waals surface area contributed by atoms with Crippen LogP contribution >= 0.6 is 0 Å². The molecule has 0 saturated carbocycles. The number of nitrogens with zero attached hydrogens (tertiary/aromatic N) is 2. The van der Waals surface area contributed by atoms with Crippen molar-refractivity contribution in [3.8, 4) is 0 Å². The van der Waals surface area contributed by atoms with Crippen LogP contribution in [0.2, 0.25) is 0 Å². The van der Waals surface area contributed by atoms with Gasteiger partial charge in [0.25, 0.3) is 0 Å². The molecule has 1 atom stereocenters. The summed E-state index contributed by atoms with van der Waals surface area (Å²) in [5, 5.41) is 8.61. The first-order chi connectivity index (χ1) is 7.58. The molecule has 0 aliphatic carbocycles. The third kappa shape index (κ3) is 5.44. The summed E-state index contributed by atoms with van der Waals surface area (Å²) in [6, 6.07) is 0. The second-order valence-electron chi connectivity index (χ2n) is 4.53. The summed E-state index contributed by atoms with van der Waals surface area (Å²) in [5.41, 5.74) is 0. The average molecular weight is 230 g/mol. The minimum Gasteiger partial charge on any atom is -0.481 e. The summed E-state index contributed by atoms with van der Waals surface area (Å²) in [7, 11) is 4.12. The Hall–Kier alpha value is -0.650. The zero-order valence-electron chi connectivity index (χ0n) is 10.2. The number of hydrogen-bond acceptors (Lipinski definition) is 4. The SMILES string of the molecule is CN(C)CCN1CCOC(CCC(=O)O)C1. The van der Waals surface area contributed by atoms with Crippen molar-refractivity contribution in [2.45, 2.75) is 18.9 Å². The molecule has 16 heavy (non-hydrogen) atoms. The van der Waals surface area contributed by atoms with Crippen LogP contribution < -0.4 is 0 Å². The van der Waals surface area contributed by atoms with Gasteiger partial charge >= 0.3 is 5.97 Å². The highest BCUT2D eigenvalue weighted by Gasteiger charge is 2.20. The third-order valence-corrected chi connectivity index (χ3v) is 2.77. The van der Waals surface area contributed by atoms with Gasteiger partial charge in [0.2, 0.25) is 0 Å². The van der Waals surface area contributed by atoms with E-state index in [1.165, 1.54) is 0 Å². The summed E-state index contributed by atoms with van der Waals surface area (Å²) in [6.07, 6.45) is 0.909. The topological polar surface area (TPSA) is 53.0 Å². The molecule has 1 rings (SSSR count). The van der Waals surface area contributed by atoms with Crippen molar-refractivity contribution in [2.75, 3.05) is 46.9 Å². The molecule has 94 valence electrons. The molecule has 0 radical (unpaired) electrons. The van der Waals surface area contributed by atoms with E-state index in [1.807, 2.05) is 0 Å². The fraction of sp³-hybridized carbons (Fsp3) is 0.909. The second kappa shape index (κ2) is 6.83. The molecule has 0 aromatic heterocycles. The minimum absolute atomic E-state index is 0.0898. The van der Waals surface area contributed by atoms with Crippen LogP contribution in [0.4, 0.5) is 0 Å². The van der Waals surface area contributed by atoms with Gasteiger partial charge in [-0.1, -0.05) is 0 Å². The molecule has 1 aliphatic rings. The standard InChI is InChI=1S/C11H22N2O3/c1-12(2)5-6-13-7-8-16-10(9-13)3-4-11(14)15/h10H,3-9H2,1-2H3,(H,14,15). The van der Waals surface area contributed by atoms with Crippen molar-refractivity contribution in [3.63, 3.8) is 0 Å². The monoisotopic (exact) mass is 230 g/mol. The molecule has 0 amide bonds. The lowest BCUT2D eigenvalue weighted by Crippen LogP contribution is -2.45. The number of carboxylic acid groups (broad SMARTS) is 1. The number of ether oxygens (including phenoxy) is 1. The van der Waals surface area contributed by atoms with Gasteiger partial charge in [0.1, 0.15) is 0 Å². The van der Waals surface area contributed by atoms with Crippen molar-refractivity contribution in [1.82, 2.24) is 9.80 Å². The van der Waals surface area contributed by atoms with E-state index in [0.717, 1.165) is 32.8 Å². The highest BCUT2D eigenvalue weighted by atomic mass is 16.5. The number of morpholine rings is 1. The molecule has 1 fully saturated rings. The van der Waals surface area contributed by atoms with Crippen molar-refractivity contribution >= 4 is 5.97 Å². The molecule has 5 heteroatoms. The van der Waals surface area contributed by atoms with Gasteiger partial charge in [-0.2, -0.15) is 0 Å². The normalized spacial score (nSPS) is 22.6. The van der Waals surface area contributed by atoms with Crippen molar-refractivity contribution in [1.29, 1.82) is 0 Å². The van der Waals surface area contributed by atoms with Gasteiger partial charge in [0.05, 0.1) is 12.7 Å². The molecule has 1 unspecified atom stereocenters. The van der Waals surface area contributed by atoms with Crippen LogP contribution in [-0.4, -0.2) is 73.9 Å². The molecule has 1 heterocycles. The molecular weight excluding hydrogens is 208 g/mol. The number of hydrogen-bond donors (Lipinski definition) is 1. The van der Waals surface area contributed by atoms with E-state index in [-0.39, 0.29) is 12.5 Å². The maximum absolute atomic E-state index is 10.5. The average Bonchev–Trinajstić information content (AvgIpc) is 2.24. The summed E-state index contributed by atoms with van der Waals surface area (Å²) in [5.74, 6) is -0.742. The van der Waals surface area contributed by atoms with E-state index in [2.05, 4.69) is 23.9 Å². The lowest BCUT2D eigenvalue weighted by Gasteiger charge is -2.33. The molecule has 1 saturated heterocycles. The highest BCUT2D eigenvalue weighted by Crippen LogP contribution is 2.10. The molecule has 0 aromatic rings. The van der Waals surface area contributed by atoms with Crippen molar-refractivity contribution in [3.05, 3.63) is 0 Å². The van der Waals surface area contributed by atoms with E-state index in [4.69, 9.17) is 9.84 Å². The van der Waals surface area contributed by atoms with Gasteiger partial charge in [0.15, 0.2) is 0 Å². The van der Waals surface area contributed by atoms with Crippen LogP contribution in [0.15, 0.2) is 0 Å². The van der Waals surface area contributed by atoms with Crippen molar-refractivity contribution < 1.29 is 14.6 Å². The second-order valence-corrected chi connectivity index (χ2v) is 4.53. The lowest BCUT2D eigenvalue weighted by molar-refractivity contribution is -0.138. The molecule has 0 spiro atoms. The Morgan fingerprint density at radius 2 is 2.31 bits per heavy atom. The zero-order valence-corrected chi connectivity index (χ0v) is 10.2. The van der Waals surface area contributed by atoms with Crippen LogP contribution in [0.1, 0.15) is 12.8 Å². The quantitative estimate of drug-likeness (QED) is 0.702. The van der Waals surface area contributed by atoms with Gasteiger partial charge in [-0.25, -0.2) is 0 Å². The van der Waals surface area contributed by atoms with Crippen LogP contribution in [-0.2, 0) is 9.53 Å². The Balaban J connectivity index is 2.21. The Labute approximate surface area is 97.0 Å². The van der Waals surface area contributed by atoms with Gasteiger partial charge in [-0.05, 0) is 20.5 Å². The van der Waals surface area contributed by atoms with E-state index in [1.54, 1.807) is 0 Å². The Kier molecular flexibility index (Phi) is 5.73. The van der Waals surface area contributed by atoms with E-state index < -0.39 is 5.97 Å². The van der Waals surface area contributed by atoms with Crippen LogP contribution in [0.3, 0.4) is 0 Å². The lowest BCUT2D eigenvalue weighted by atomic mass is 10.1. The first-order valence-electron chi connectivity index (χ1n) is 5.78. The third-order valence-electron chi connectivity index (χ3n) is 2.77.